The number of rotatable bonds is 4. The summed E-state index contributed by atoms with van der Waals surface area (Å²) in [6.45, 7) is 2.76. The van der Waals surface area contributed by atoms with Gasteiger partial charge >= 0.3 is 6.09 Å². The van der Waals surface area contributed by atoms with E-state index in [4.69, 9.17) is 4.74 Å². The lowest BCUT2D eigenvalue weighted by Gasteiger charge is -2.02. The van der Waals surface area contributed by atoms with E-state index in [0.29, 0.717) is 13.2 Å². The molecule has 0 fully saturated rings. The topological polar surface area (TPSA) is 51.2 Å². The van der Waals surface area contributed by atoms with Crippen molar-refractivity contribution < 1.29 is 9.53 Å². The van der Waals surface area contributed by atoms with E-state index < -0.39 is 0 Å². The second-order valence-electron chi connectivity index (χ2n) is 2.32. The second-order valence-corrected chi connectivity index (χ2v) is 3.30. The Labute approximate surface area is 80.9 Å². The van der Waals surface area contributed by atoms with Gasteiger partial charge in [-0.15, -0.1) is 11.3 Å². The first-order valence-corrected chi connectivity index (χ1v) is 5.00. The summed E-state index contributed by atoms with van der Waals surface area (Å²) in [6, 6.07) is 0. The Kier molecular flexibility index (Phi) is 4.25. The fourth-order valence-electron chi connectivity index (χ4n) is 0.830. The third kappa shape index (κ3) is 3.89. The molecule has 1 N–H and O–H groups in total. The maximum atomic E-state index is 10.8. The molecule has 5 heteroatoms. The normalized spacial score (nSPS) is 9.62. The lowest BCUT2D eigenvalue weighted by atomic mass is 10.4. The second kappa shape index (κ2) is 5.53. The Hall–Kier alpha value is -1.10. The molecule has 0 aliphatic heterocycles. The van der Waals surface area contributed by atoms with Crippen LogP contribution in [0.5, 0.6) is 0 Å². The van der Waals surface area contributed by atoms with E-state index in [-0.39, 0.29) is 6.09 Å². The first kappa shape index (κ1) is 9.98. The van der Waals surface area contributed by atoms with Crippen LogP contribution in [0.4, 0.5) is 4.79 Å². The summed E-state index contributed by atoms with van der Waals surface area (Å²) >= 11 is 1.58. The average Bonchev–Trinajstić information content (AvgIpc) is 2.57. The maximum absolute atomic E-state index is 10.8. The summed E-state index contributed by atoms with van der Waals surface area (Å²) in [5.74, 6) is 0. The zero-order chi connectivity index (χ0) is 9.52. The molecule has 0 bridgehead atoms. The molecule has 1 heterocycles. The van der Waals surface area contributed by atoms with Gasteiger partial charge in [-0.3, -0.25) is 0 Å². The van der Waals surface area contributed by atoms with Crippen molar-refractivity contribution in [2.45, 2.75) is 13.3 Å². The van der Waals surface area contributed by atoms with E-state index in [9.17, 15) is 4.79 Å². The summed E-state index contributed by atoms with van der Waals surface area (Å²) in [5, 5.41) is 5.57. The zero-order valence-corrected chi connectivity index (χ0v) is 8.26. The Balaban J connectivity index is 2.11. The third-order valence-electron chi connectivity index (χ3n) is 1.37. The molecule has 0 aromatic carbocycles. The van der Waals surface area contributed by atoms with Crippen molar-refractivity contribution in [1.29, 1.82) is 0 Å². The van der Waals surface area contributed by atoms with E-state index >= 15 is 0 Å². The van der Waals surface area contributed by atoms with Crippen LogP contribution in [-0.4, -0.2) is 24.2 Å². The maximum Gasteiger partial charge on any atom is 0.407 e. The van der Waals surface area contributed by atoms with Gasteiger partial charge in [0, 0.05) is 24.5 Å². The summed E-state index contributed by atoms with van der Waals surface area (Å²) in [4.78, 5) is 14.9. The minimum Gasteiger partial charge on any atom is -0.450 e. The van der Waals surface area contributed by atoms with Gasteiger partial charge in [0.1, 0.15) is 0 Å². The molecular formula is C8H12N2O2S. The molecule has 1 aromatic heterocycles. The number of amides is 1. The summed E-state index contributed by atoms with van der Waals surface area (Å²) in [5.41, 5.74) is 0. The highest BCUT2D eigenvalue weighted by Gasteiger charge is 1.99. The van der Waals surface area contributed by atoms with Crippen LogP contribution in [0.3, 0.4) is 0 Å². The van der Waals surface area contributed by atoms with Gasteiger partial charge in [0.05, 0.1) is 11.6 Å². The van der Waals surface area contributed by atoms with E-state index in [2.05, 4.69) is 10.3 Å². The molecule has 0 saturated heterocycles. The predicted molar refractivity (Wildman–Crippen MR) is 50.8 cm³/mol. The van der Waals surface area contributed by atoms with Gasteiger partial charge in [0.2, 0.25) is 0 Å². The fourth-order valence-corrected chi connectivity index (χ4v) is 1.45. The number of carbonyl (C=O) groups excluding carboxylic acids is 1. The van der Waals surface area contributed by atoms with Gasteiger partial charge in [0.15, 0.2) is 0 Å². The Morgan fingerprint density at radius 2 is 2.62 bits per heavy atom. The van der Waals surface area contributed by atoms with Gasteiger partial charge < -0.3 is 10.1 Å². The molecule has 0 radical (unpaired) electrons. The fraction of sp³-hybridized carbons (Fsp3) is 0.500. The number of carbonyl (C=O) groups is 1. The monoisotopic (exact) mass is 200 g/mol. The van der Waals surface area contributed by atoms with Gasteiger partial charge in [-0.2, -0.15) is 0 Å². The summed E-state index contributed by atoms with van der Waals surface area (Å²) in [7, 11) is 0. The molecule has 0 spiro atoms. The number of thiazole rings is 1. The van der Waals surface area contributed by atoms with Gasteiger partial charge in [-0.25, -0.2) is 9.78 Å². The van der Waals surface area contributed by atoms with Crippen LogP contribution in [0.1, 0.15) is 11.9 Å². The average molecular weight is 200 g/mol. The van der Waals surface area contributed by atoms with Crippen LogP contribution in [0.25, 0.3) is 0 Å². The van der Waals surface area contributed by atoms with Crippen LogP contribution in [0.2, 0.25) is 0 Å². The van der Waals surface area contributed by atoms with E-state index in [0.717, 1.165) is 11.4 Å². The first-order valence-electron chi connectivity index (χ1n) is 4.12. The molecule has 72 valence electrons. The Morgan fingerprint density at radius 3 is 3.23 bits per heavy atom. The number of aromatic nitrogens is 1. The highest BCUT2D eigenvalue weighted by Crippen LogP contribution is 2.03. The Morgan fingerprint density at radius 1 is 1.77 bits per heavy atom. The molecule has 0 saturated carbocycles. The molecule has 1 aromatic rings. The van der Waals surface area contributed by atoms with Crippen LogP contribution < -0.4 is 5.32 Å². The van der Waals surface area contributed by atoms with Crippen molar-refractivity contribution in [3.63, 3.8) is 0 Å². The molecule has 4 nitrogen and oxygen atoms in total. The number of hydrogen-bond acceptors (Lipinski definition) is 4. The molecule has 1 rings (SSSR count). The van der Waals surface area contributed by atoms with Crippen LogP contribution in [-0.2, 0) is 11.2 Å². The minimum atomic E-state index is -0.362. The smallest absolute Gasteiger partial charge is 0.407 e. The Bertz CT molecular complexity index is 249. The number of alkyl carbamates (subject to hydrolysis) is 1. The van der Waals surface area contributed by atoms with Gasteiger partial charge in [-0.1, -0.05) is 0 Å². The first-order chi connectivity index (χ1) is 6.33. The largest absolute Gasteiger partial charge is 0.450 e. The summed E-state index contributed by atoms with van der Waals surface area (Å²) < 4.78 is 4.69. The van der Waals surface area contributed by atoms with Crippen LogP contribution in [0.15, 0.2) is 11.6 Å². The predicted octanol–water partition coefficient (Wildman–Crippen LogP) is 1.43. The van der Waals surface area contributed by atoms with Gasteiger partial charge in [-0.05, 0) is 6.92 Å². The van der Waals surface area contributed by atoms with E-state index in [1.165, 1.54) is 0 Å². The minimum absolute atomic E-state index is 0.362. The number of nitrogens with zero attached hydrogens (tertiary/aromatic N) is 1. The van der Waals surface area contributed by atoms with Crippen molar-refractivity contribution in [3.8, 4) is 0 Å². The quantitative estimate of drug-likeness (QED) is 0.800. The lowest BCUT2D eigenvalue weighted by Crippen LogP contribution is -2.26. The van der Waals surface area contributed by atoms with Crippen LogP contribution in [0, 0.1) is 0 Å². The number of nitrogens with one attached hydrogen (secondary N) is 1. The molecule has 0 aliphatic rings. The van der Waals surface area contributed by atoms with Crippen molar-refractivity contribution in [3.05, 3.63) is 16.6 Å². The van der Waals surface area contributed by atoms with E-state index in [1.54, 1.807) is 24.5 Å². The molecule has 0 atom stereocenters. The molecular weight excluding hydrogens is 188 g/mol. The molecule has 13 heavy (non-hydrogen) atoms. The van der Waals surface area contributed by atoms with Crippen molar-refractivity contribution >= 4 is 17.4 Å². The van der Waals surface area contributed by atoms with Crippen molar-refractivity contribution in [1.82, 2.24) is 10.3 Å². The number of ether oxygens (including phenoxy) is 1. The number of hydrogen-bond donors (Lipinski definition) is 1. The standard InChI is InChI=1S/C8H12N2O2S/c1-2-12-8(11)10-4-3-7-9-5-6-13-7/h5-6H,2-4H2,1H3,(H,10,11). The zero-order valence-electron chi connectivity index (χ0n) is 7.45. The summed E-state index contributed by atoms with van der Waals surface area (Å²) in [6.07, 6.45) is 2.15. The van der Waals surface area contributed by atoms with Crippen molar-refractivity contribution in [2.75, 3.05) is 13.2 Å². The van der Waals surface area contributed by atoms with Gasteiger partial charge in [0.25, 0.3) is 0 Å². The molecule has 1 amide bonds. The van der Waals surface area contributed by atoms with Crippen molar-refractivity contribution in [2.24, 2.45) is 0 Å². The molecule has 0 unspecified atom stereocenters. The lowest BCUT2D eigenvalue weighted by molar-refractivity contribution is 0.152. The highest BCUT2D eigenvalue weighted by molar-refractivity contribution is 7.09. The van der Waals surface area contributed by atoms with Crippen LogP contribution >= 0.6 is 11.3 Å². The molecule has 0 aliphatic carbocycles. The SMILES string of the molecule is CCOC(=O)NCCc1nccs1. The van der Waals surface area contributed by atoms with E-state index in [1.807, 2.05) is 5.38 Å². The highest BCUT2D eigenvalue weighted by atomic mass is 32.1. The third-order valence-corrected chi connectivity index (χ3v) is 2.21.